The van der Waals surface area contributed by atoms with Crippen molar-refractivity contribution < 1.29 is 9.59 Å². The van der Waals surface area contributed by atoms with Gasteiger partial charge in [-0.2, -0.15) is 0 Å². The van der Waals surface area contributed by atoms with Crippen molar-refractivity contribution in [3.8, 4) is 0 Å². The Morgan fingerprint density at radius 1 is 0.651 bits per heavy atom. The molecule has 4 atom stereocenters. The number of nitrogens with one attached hydrogen (secondary N) is 4. The maximum atomic E-state index is 12.6. The highest BCUT2D eigenvalue weighted by Gasteiger charge is 2.36. The van der Waals surface area contributed by atoms with Crippen LogP contribution in [0.15, 0.2) is 72.8 Å². The molecule has 3 aromatic carbocycles. The number of nitrogens with zero attached hydrogens (tertiary/aromatic N) is 1. The van der Waals surface area contributed by atoms with Gasteiger partial charge in [0.2, 0.25) is 11.8 Å². The molecule has 3 fully saturated rings. The first-order chi connectivity index (χ1) is 20.8. The predicted molar refractivity (Wildman–Crippen MR) is 179 cm³/mol. The van der Waals surface area contributed by atoms with Crippen molar-refractivity contribution >= 4 is 42.1 Å². The molecule has 0 aromatic heterocycles. The van der Waals surface area contributed by atoms with Gasteiger partial charge in [-0.05, 0) is 99.1 Å². The Morgan fingerprint density at radius 3 is 1.47 bits per heavy atom. The van der Waals surface area contributed by atoms with Crippen LogP contribution in [0.2, 0.25) is 19.6 Å². The summed E-state index contributed by atoms with van der Waals surface area (Å²) in [5, 5.41) is 14.2. The highest BCUT2D eigenvalue weighted by Crippen LogP contribution is 2.47. The number of carbonyl (C=O) groups is 2. The third-order valence-electron chi connectivity index (χ3n) is 9.30. The average molecular weight is 596 g/mol. The summed E-state index contributed by atoms with van der Waals surface area (Å²) in [5.74, 6) is 0.101. The quantitative estimate of drug-likeness (QED) is 0.251. The lowest BCUT2D eigenvalue weighted by atomic mass is 10.0. The molecule has 7 nitrogen and oxygen atoms in total. The number of carbonyl (C=O) groups excluding carboxylic acids is 2. The van der Waals surface area contributed by atoms with Gasteiger partial charge in [0, 0.05) is 17.1 Å². The van der Waals surface area contributed by atoms with E-state index in [1.165, 1.54) is 22.0 Å². The standard InChI is InChI=1S/C35H45N5O2Si/c1-43(2,3)29-18-16-28(17-19-29)40-32(24-8-12-26(13-9-24)38-34(41)30-6-4-22-36-30)20-21-33(40)25-10-14-27(15-11-25)39-35(42)31-7-5-23-37-31/h8-19,30-33,36-37H,4-7,20-23H2,1-3H3,(H,38,41)(H,39,42)/t30-,31-,32-,33+/m0/s1. The van der Waals surface area contributed by atoms with E-state index in [2.05, 4.69) is 94.3 Å². The van der Waals surface area contributed by atoms with Crippen molar-refractivity contribution in [2.45, 2.75) is 82.3 Å². The van der Waals surface area contributed by atoms with Crippen molar-refractivity contribution in [3.05, 3.63) is 83.9 Å². The van der Waals surface area contributed by atoms with Gasteiger partial charge in [0.25, 0.3) is 0 Å². The molecular weight excluding hydrogens is 551 g/mol. The Morgan fingerprint density at radius 2 is 1.09 bits per heavy atom. The van der Waals surface area contributed by atoms with Crippen molar-refractivity contribution in [1.29, 1.82) is 0 Å². The Labute approximate surface area is 256 Å². The Hall–Kier alpha value is -3.46. The first-order valence-electron chi connectivity index (χ1n) is 15.9. The summed E-state index contributed by atoms with van der Waals surface area (Å²) < 4.78 is 0. The van der Waals surface area contributed by atoms with Gasteiger partial charge in [0.05, 0.1) is 32.2 Å². The molecule has 0 unspecified atom stereocenters. The zero-order chi connectivity index (χ0) is 30.0. The smallest absolute Gasteiger partial charge is 0.241 e. The van der Waals surface area contributed by atoms with E-state index >= 15 is 0 Å². The van der Waals surface area contributed by atoms with Gasteiger partial charge >= 0.3 is 0 Å². The minimum absolute atomic E-state index is 0.0504. The Bertz CT molecular complexity index is 1330. The lowest BCUT2D eigenvalue weighted by Crippen LogP contribution is -2.37. The topological polar surface area (TPSA) is 85.5 Å². The van der Waals surface area contributed by atoms with Gasteiger partial charge in [-0.1, -0.05) is 61.2 Å². The van der Waals surface area contributed by atoms with E-state index in [9.17, 15) is 9.59 Å². The molecule has 0 aliphatic carbocycles. The minimum Gasteiger partial charge on any atom is -0.357 e. The zero-order valence-electron chi connectivity index (χ0n) is 25.7. The van der Waals surface area contributed by atoms with Crippen LogP contribution in [0.4, 0.5) is 17.1 Å². The first kappa shape index (κ1) is 29.6. The molecule has 6 rings (SSSR count). The summed E-state index contributed by atoms with van der Waals surface area (Å²) in [5.41, 5.74) is 5.41. The molecule has 3 aliphatic heterocycles. The number of amides is 2. The van der Waals surface area contributed by atoms with E-state index in [0.717, 1.165) is 63.0 Å². The predicted octanol–water partition coefficient (Wildman–Crippen LogP) is 5.70. The molecule has 0 radical (unpaired) electrons. The summed E-state index contributed by atoms with van der Waals surface area (Å²) in [7, 11) is -1.41. The summed E-state index contributed by atoms with van der Waals surface area (Å²) in [6.07, 6.45) is 5.94. The molecular formula is C35H45N5O2Si. The normalized spacial score (nSPS) is 23.8. The van der Waals surface area contributed by atoms with Crippen LogP contribution < -0.4 is 31.4 Å². The fraction of sp³-hybridized carbons (Fsp3) is 0.429. The van der Waals surface area contributed by atoms with E-state index in [0.29, 0.717) is 0 Å². The molecule has 0 spiro atoms. The maximum absolute atomic E-state index is 12.6. The number of anilines is 3. The van der Waals surface area contributed by atoms with Crippen LogP contribution in [-0.2, 0) is 9.59 Å². The summed E-state index contributed by atoms with van der Waals surface area (Å²) in [6.45, 7) is 8.97. The van der Waals surface area contributed by atoms with E-state index in [4.69, 9.17) is 0 Å². The van der Waals surface area contributed by atoms with Gasteiger partial charge < -0.3 is 26.2 Å². The molecule has 4 N–H and O–H groups in total. The van der Waals surface area contributed by atoms with Crippen molar-refractivity contribution in [2.24, 2.45) is 0 Å². The molecule has 3 saturated heterocycles. The van der Waals surface area contributed by atoms with Crippen LogP contribution in [0.1, 0.15) is 61.7 Å². The van der Waals surface area contributed by atoms with Crippen LogP contribution in [0, 0.1) is 0 Å². The molecule has 3 aromatic rings. The van der Waals surface area contributed by atoms with Crippen molar-refractivity contribution in [2.75, 3.05) is 28.6 Å². The van der Waals surface area contributed by atoms with Gasteiger partial charge in [-0.15, -0.1) is 0 Å². The number of rotatable bonds is 8. The molecule has 226 valence electrons. The number of hydrogen-bond donors (Lipinski definition) is 4. The molecule has 2 amide bonds. The second kappa shape index (κ2) is 12.6. The number of benzene rings is 3. The Kier molecular flexibility index (Phi) is 8.70. The molecule has 43 heavy (non-hydrogen) atoms. The number of hydrogen-bond acceptors (Lipinski definition) is 5. The second-order valence-corrected chi connectivity index (χ2v) is 18.4. The molecule has 0 saturated carbocycles. The summed E-state index contributed by atoms with van der Waals surface area (Å²) in [4.78, 5) is 27.8. The highest BCUT2D eigenvalue weighted by atomic mass is 28.3. The van der Waals surface area contributed by atoms with Crippen molar-refractivity contribution in [3.63, 3.8) is 0 Å². The Balaban J connectivity index is 1.23. The van der Waals surface area contributed by atoms with Crippen LogP contribution in [-0.4, -0.2) is 45.1 Å². The van der Waals surface area contributed by atoms with E-state index in [1.807, 2.05) is 24.3 Å². The minimum atomic E-state index is -1.41. The maximum Gasteiger partial charge on any atom is 0.241 e. The second-order valence-electron chi connectivity index (χ2n) is 13.3. The van der Waals surface area contributed by atoms with Crippen LogP contribution >= 0.6 is 0 Å². The first-order valence-corrected chi connectivity index (χ1v) is 19.4. The fourth-order valence-corrected chi connectivity index (χ4v) is 7.98. The lowest BCUT2D eigenvalue weighted by Gasteiger charge is -2.34. The van der Waals surface area contributed by atoms with Crippen LogP contribution in [0.25, 0.3) is 0 Å². The van der Waals surface area contributed by atoms with Gasteiger partial charge in [0.15, 0.2) is 0 Å². The molecule has 3 heterocycles. The third-order valence-corrected chi connectivity index (χ3v) is 11.4. The summed E-state index contributed by atoms with van der Waals surface area (Å²) >= 11 is 0. The van der Waals surface area contributed by atoms with Crippen molar-refractivity contribution in [1.82, 2.24) is 10.6 Å². The monoisotopic (exact) mass is 595 g/mol. The largest absolute Gasteiger partial charge is 0.357 e. The van der Waals surface area contributed by atoms with E-state index < -0.39 is 8.07 Å². The molecule has 0 bridgehead atoms. The lowest BCUT2D eigenvalue weighted by molar-refractivity contribution is -0.118. The zero-order valence-corrected chi connectivity index (χ0v) is 26.7. The van der Waals surface area contributed by atoms with E-state index in [-0.39, 0.29) is 36.0 Å². The fourth-order valence-electron chi connectivity index (χ4n) is 6.81. The highest BCUT2D eigenvalue weighted by molar-refractivity contribution is 6.88. The van der Waals surface area contributed by atoms with Gasteiger partial charge in [-0.3, -0.25) is 9.59 Å². The van der Waals surface area contributed by atoms with E-state index in [1.54, 1.807) is 0 Å². The molecule has 3 aliphatic rings. The van der Waals surface area contributed by atoms with Crippen LogP contribution in [0.5, 0.6) is 0 Å². The van der Waals surface area contributed by atoms with Gasteiger partial charge in [-0.25, -0.2) is 0 Å². The van der Waals surface area contributed by atoms with Gasteiger partial charge in [0.1, 0.15) is 0 Å². The summed E-state index contributed by atoms with van der Waals surface area (Å²) in [6, 6.07) is 26.3. The average Bonchev–Trinajstić information content (AvgIpc) is 3.80. The SMILES string of the molecule is C[Si](C)(C)c1ccc(N2[C@@H](c3ccc(NC(=O)[C@@H]4CCCN4)cc3)CC[C@H]2c2ccc(NC(=O)[C@@H]3CCCN3)cc2)cc1. The molecule has 8 heteroatoms. The van der Waals surface area contributed by atoms with Crippen LogP contribution in [0.3, 0.4) is 0 Å². The third kappa shape index (κ3) is 6.71.